The van der Waals surface area contributed by atoms with E-state index < -0.39 is 23.9 Å². The number of aliphatic carboxylic acids is 1. The Labute approximate surface area is 118 Å². The number of halogens is 1. The topological polar surface area (TPSA) is 92.7 Å². The van der Waals surface area contributed by atoms with Crippen molar-refractivity contribution < 1.29 is 24.2 Å². The Kier molecular flexibility index (Phi) is 5.78. The van der Waals surface area contributed by atoms with Gasteiger partial charge in [0.15, 0.2) is 0 Å². The number of hydrogen-bond acceptors (Lipinski definition) is 5. The van der Waals surface area contributed by atoms with Crippen molar-refractivity contribution in [2.45, 2.75) is 18.9 Å². The number of nitrogens with one attached hydrogen (secondary N) is 1. The summed E-state index contributed by atoms with van der Waals surface area (Å²) in [6.45, 7) is 0. The third kappa shape index (κ3) is 4.53. The lowest BCUT2D eigenvalue weighted by Crippen LogP contribution is -2.40. The van der Waals surface area contributed by atoms with E-state index in [4.69, 9.17) is 16.7 Å². The number of rotatable bonds is 6. The summed E-state index contributed by atoms with van der Waals surface area (Å²) in [5.74, 6) is -2.32. The number of carbonyl (C=O) groups is 3. The number of carboxylic acid groups (broad SMARTS) is 1. The summed E-state index contributed by atoms with van der Waals surface area (Å²) < 4.78 is 4.41. The quantitative estimate of drug-likeness (QED) is 0.778. The predicted molar refractivity (Wildman–Crippen MR) is 69.5 cm³/mol. The molecule has 0 radical (unpaired) electrons. The van der Waals surface area contributed by atoms with E-state index in [-0.39, 0.29) is 22.7 Å². The van der Waals surface area contributed by atoms with Gasteiger partial charge >= 0.3 is 11.9 Å². The van der Waals surface area contributed by atoms with Crippen molar-refractivity contribution >= 4 is 40.8 Å². The fraction of sp³-hybridized carbons (Fsp3) is 0.364. The number of amides is 1. The van der Waals surface area contributed by atoms with E-state index in [1.54, 1.807) is 11.4 Å². The second-order valence-electron chi connectivity index (χ2n) is 3.58. The molecule has 8 heteroatoms. The Morgan fingerprint density at radius 1 is 1.53 bits per heavy atom. The minimum absolute atomic E-state index is 0.0449. The van der Waals surface area contributed by atoms with Crippen LogP contribution in [0.15, 0.2) is 11.4 Å². The number of methoxy groups -OCH3 is 1. The van der Waals surface area contributed by atoms with Crippen molar-refractivity contribution in [2.75, 3.05) is 7.11 Å². The molecule has 0 aromatic carbocycles. The van der Waals surface area contributed by atoms with E-state index in [0.717, 1.165) is 11.3 Å². The summed E-state index contributed by atoms with van der Waals surface area (Å²) in [5, 5.41) is 13.2. The molecule has 1 atom stereocenters. The molecule has 0 aliphatic rings. The molecular weight excluding hydrogens is 294 g/mol. The van der Waals surface area contributed by atoms with E-state index in [9.17, 15) is 14.4 Å². The molecule has 0 spiro atoms. The van der Waals surface area contributed by atoms with Crippen LogP contribution in [0, 0.1) is 0 Å². The van der Waals surface area contributed by atoms with Crippen LogP contribution in [0.4, 0.5) is 0 Å². The summed E-state index contributed by atoms with van der Waals surface area (Å²) in [5.41, 5.74) is 0. The van der Waals surface area contributed by atoms with Gasteiger partial charge in [-0.1, -0.05) is 11.6 Å². The van der Waals surface area contributed by atoms with Crippen molar-refractivity contribution in [3.8, 4) is 0 Å². The molecule has 0 unspecified atom stereocenters. The molecule has 0 bridgehead atoms. The molecule has 19 heavy (non-hydrogen) atoms. The molecule has 1 aromatic rings. The molecule has 0 fully saturated rings. The smallest absolute Gasteiger partial charge is 0.326 e. The molecule has 0 aliphatic carbocycles. The van der Waals surface area contributed by atoms with Crippen molar-refractivity contribution in [3.63, 3.8) is 0 Å². The first-order chi connectivity index (χ1) is 8.95. The van der Waals surface area contributed by atoms with Crippen LogP contribution in [0.2, 0.25) is 5.02 Å². The number of esters is 1. The van der Waals surface area contributed by atoms with Gasteiger partial charge < -0.3 is 15.2 Å². The number of hydrogen-bond donors (Lipinski definition) is 2. The summed E-state index contributed by atoms with van der Waals surface area (Å²) in [4.78, 5) is 34.0. The van der Waals surface area contributed by atoms with Crippen LogP contribution in [0.1, 0.15) is 22.5 Å². The van der Waals surface area contributed by atoms with Crippen molar-refractivity contribution in [2.24, 2.45) is 0 Å². The zero-order chi connectivity index (χ0) is 14.4. The van der Waals surface area contributed by atoms with Crippen LogP contribution in [0.3, 0.4) is 0 Å². The van der Waals surface area contributed by atoms with Crippen molar-refractivity contribution in [3.05, 3.63) is 21.3 Å². The average molecular weight is 306 g/mol. The molecule has 104 valence electrons. The Morgan fingerprint density at radius 3 is 2.68 bits per heavy atom. The van der Waals surface area contributed by atoms with Gasteiger partial charge in [-0.25, -0.2) is 4.79 Å². The molecule has 1 aromatic heterocycles. The maximum Gasteiger partial charge on any atom is 0.326 e. The van der Waals surface area contributed by atoms with Crippen LogP contribution in [0.25, 0.3) is 0 Å². The zero-order valence-electron chi connectivity index (χ0n) is 10.0. The lowest BCUT2D eigenvalue weighted by atomic mass is 10.1. The van der Waals surface area contributed by atoms with E-state index >= 15 is 0 Å². The van der Waals surface area contributed by atoms with E-state index in [1.807, 2.05) is 0 Å². The van der Waals surface area contributed by atoms with Gasteiger partial charge in [0.25, 0.3) is 5.91 Å². The summed E-state index contributed by atoms with van der Waals surface area (Å²) in [7, 11) is 1.21. The SMILES string of the molecule is COC(=O)CC[C@H](NC(=O)c1sccc1Cl)C(=O)O. The first-order valence-electron chi connectivity index (χ1n) is 5.29. The molecular formula is C11H12ClNO5S. The highest BCUT2D eigenvalue weighted by atomic mass is 35.5. The van der Waals surface area contributed by atoms with Gasteiger partial charge in [-0.15, -0.1) is 11.3 Å². The maximum atomic E-state index is 11.8. The van der Waals surface area contributed by atoms with Crippen LogP contribution in [-0.4, -0.2) is 36.1 Å². The highest BCUT2D eigenvalue weighted by molar-refractivity contribution is 7.12. The fourth-order valence-electron chi connectivity index (χ4n) is 1.30. The predicted octanol–water partition coefficient (Wildman–Crippen LogP) is 1.54. The Balaban J connectivity index is 2.64. The van der Waals surface area contributed by atoms with E-state index in [1.165, 1.54) is 7.11 Å². The second kappa shape index (κ2) is 7.10. The standard InChI is InChI=1S/C11H12ClNO5S/c1-18-8(14)3-2-7(11(16)17)13-10(15)9-6(12)4-5-19-9/h4-5,7H,2-3H2,1H3,(H,13,15)(H,16,17)/t7-/m0/s1. The van der Waals surface area contributed by atoms with Crippen LogP contribution >= 0.6 is 22.9 Å². The van der Waals surface area contributed by atoms with E-state index in [2.05, 4.69) is 10.1 Å². The van der Waals surface area contributed by atoms with E-state index in [0.29, 0.717) is 0 Å². The zero-order valence-corrected chi connectivity index (χ0v) is 11.6. The number of ether oxygens (including phenoxy) is 1. The lowest BCUT2D eigenvalue weighted by molar-refractivity contribution is -0.142. The third-order valence-corrected chi connectivity index (χ3v) is 3.63. The van der Waals surface area contributed by atoms with Gasteiger partial charge in [0, 0.05) is 6.42 Å². The second-order valence-corrected chi connectivity index (χ2v) is 4.90. The number of carboxylic acids is 1. The van der Waals surface area contributed by atoms with Gasteiger partial charge in [-0.3, -0.25) is 9.59 Å². The third-order valence-electron chi connectivity index (χ3n) is 2.29. The monoisotopic (exact) mass is 305 g/mol. The number of carbonyl (C=O) groups excluding carboxylic acids is 2. The van der Waals surface area contributed by atoms with Crippen LogP contribution < -0.4 is 5.32 Å². The molecule has 0 aliphatic heterocycles. The largest absolute Gasteiger partial charge is 0.480 e. The first kappa shape index (κ1) is 15.5. The summed E-state index contributed by atoms with van der Waals surface area (Å²) >= 11 is 6.89. The molecule has 1 amide bonds. The highest BCUT2D eigenvalue weighted by Crippen LogP contribution is 2.21. The minimum atomic E-state index is -1.22. The molecule has 0 saturated heterocycles. The average Bonchev–Trinajstić information content (AvgIpc) is 2.79. The lowest BCUT2D eigenvalue weighted by Gasteiger charge is -2.13. The van der Waals surface area contributed by atoms with Crippen molar-refractivity contribution in [1.82, 2.24) is 5.32 Å². The molecule has 1 rings (SSSR count). The summed E-state index contributed by atoms with van der Waals surface area (Å²) in [6, 6.07) is 0.385. The number of thiophene rings is 1. The maximum absolute atomic E-state index is 11.8. The van der Waals surface area contributed by atoms with Crippen LogP contribution in [-0.2, 0) is 14.3 Å². The Morgan fingerprint density at radius 2 is 2.21 bits per heavy atom. The molecule has 0 saturated carbocycles. The molecule has 2 N–H and O–H groups in total. The normalized spacial score (nSPS) is 11.7. The van der Waals surface area contributed by atoms with Crippen LogP contribution in [0.5, 0.6) is 0 Å². The minimum Gasteiger partial charge on any atom is -0.480 e. The highest BCUT2D eigenvalue weighted by Gasteiger charge is 2.23. The van der Waals surface area contributed by atoms with Gasteiger partial charge in [0.2, 0.25) is 0 Å². The fourth-order valence-corrected chi connectivity index (χ4v) is 2.35. The van der Waals surface area contributed by atoms with Gasteiger partial charge in [-0.2, -0.15) is 0 Å². The Bertz CT molecular complexity index is 487. The first-order valence-corrected chi connectivity index (χ1v) is 6.55. The van der Waals surface area contributed by atoms with Gasteiger partial charge in [0.1, 0.15) is 10.9 Å². The van der Waals surface area contributed by atoms with Crippen molar-refractivity contribution in [1.29, 1.82) is 0 Å². The summed E-state index contributed by atoms with van der Waals surface area (Å²) in [6.07, 6.45) is -0.136. The molecule has 1 heterocycles. The molecule has 6 nitrogen and oxygen atoms in total. The Hall–Kier alpha value is -1.60. The van der Waals surface area contributed by atoms with Gasteiger partial charge in [-0.05, 0) is 17.9 Å². The van der Waals surface area contributed by atoms with Gasteiger partial charge in [0.05, 0.1) is 12.1 Å².